The van der Waals surface area contributed by atoms with Crippen LogP contribution in [0.2, 0.25) is 0 Å². The van der Waals surface area contributed by atoms with Crippen LogP contribution < -0.4 is 25.6 Å². The molecule has 0 radical (unpaired) electrons. The SMILES string of the molecule is c1ccc(-c2c(-c3ccccc3)c(-c3ccccc3)c3c(-c4ccc(-c5ccc(N(c6ccccc6)c6ccc([Si](c7ccccc7)(c7ccccc7)c7ccccc7)cc6)cc5)cc4)cccc3c2-c2ccccc2)cc1. The van der Waals surface area contributed by atoms with Gasteiger partial charge in [-0.1, -0.05) is 297 Å². The summed E-state index contributed by atoms with van der Waals surface area (Å²) in [6, 6.07) is 122. The summed E-state index contributed by atoms with van der Waals surface area (Å²) in [6.07, 6.45) is 0. The molecule has 1 nitrogen and oxygen atoms in total. The van der Waals surface area contributed by atoms with Crippen LogP contribution in [0.4, 0.5) is 17.1 Å². The van der Waals surface area contributed by atoms with E-state index in [4.69, 9.17) is 0 Å². The molecule has 0 atom stereocenters. The van der Waals surface area contributed by atoms with Gasteiger partial charge in [-0.05, 0) is 135 Å². The highest BCUT2D eigenvalue weighted by Gasteiger charge is 2.41. The normalized spacial score (nSPS) is 11.3. The van der Waals surface area contributed by atoms with Gasteiger partial charge in [0, 0.05) is 17.1 Å². The van der Waals surface area contributed by atoms with Gasteiger partial charge in [0.25, 0.3) is 0 Å². The molecule has 0 heterocycles. The smallest absolute Gasteiger partial charge is 0.179 e. The molecule has 13 rings (SSSR count). The van der Waals surface area contributed by atoms with Gasteiger partial charge < -0.3 is 4.90 Å². The minimum Gasteiger partial charge on any atom is -0.311 e. The predicted molar refractivity (Wildman–Crippen MR) is 335 cm³/mol. The summed E-state index contributed by atoms with van der Waals surface area (Å²) in [5, 5.41) is 7.88. The summed E-state index contributed by atoms with van der Waals surface area (Å²) in [6.45, 7) is 0. The average Bonchev–Trinajstić information content (AvgIpc) is 3.62. The Morgan fingerprint density at radius 2 is 0.500 bits per heavy atom. The van der Waals surface area contributed by atoms with E-state index in [1.165, 1.54) is 87.2 Å². The number of hydrogen-bond acceptors (Lipinski definition) is 1. The van der Waals surface area contributed by atoms with Crippen LogP contribution in [0.1, 0.15) is 0 Å². The molecule has 13 aromatic carbocycles. The first-order valence-corrected chi connectivity index (χ1v) is 28.9. The van der Waals surface area contributed by atoms with Crippen molar-refractivity contribution in [3.05, 3.63) is 334 Å². The van der Waals surface area contributed by atoms with Crippen molar-refractivity contribution in [2.75, 3.05) is 4.90 Å². The van der Waals surface area contributed by atoms with E-state index in [9.17, 15) is 0 Å². The number of rotatable bonds is 13. The van der Waals surface area contributed by atoms with Crippen molar-refractivity contribution < 1.29 is 0 Å². The molecule has 0 bridgehead atoms. The summed E-state index contributed by atoms with van der Waals surface area (Å²) in [4.78, 5) is 2.37. The second kappa shape index (κ2) is 21.4. The van der Waals surface area contributed by atoms with Gasteiger partial charge in [-0.25, -0.2) is 0 Å². The third-order valence-corrected chi connectivity index (χ3v) is 20.2. The van der Waals surface area contributed by atoms with Crippen LogP contribution in [0.15, 0.2) is 334 Å². The van der Waals surface area contributed by atoms with Crippen LogP contribution in [0.3, 0.4) is 0 Å². The zero-order valence-electron chi connectivity index (χ0n) is 43.2. The lowest BCUT2D eigenvalue weighted by molar-refractivity contribution is 1.28. The van der Waals surface area contributed by atoms with Gasteiger partial charge in [0.2, 0.25) is 0 Å². The van der Waals surface area contributed by atoms with Gasteiger partial charge in [0.1, 0.15) is 0 Å². The molecule has 2 heteroatoms. The first-order valence-electron chi connectivity index (χ1n) is 26.9. The summed E-state index contributed by atoms with van der Waals surface area (Å²) in [5.74, 6) is 0. The number of nitrogens with zero attached hydrogens (tertiary/aromatic N) is 1. The van der Waals surface area contributed by atoms with Crippen molar-refractivity contribution in [1.82, 2.24) is 0 Å². The third kappa shape index (κ3) is 8.84. The second-order valence-electron chi connectivity index (χ2n) is 19.9. The molecule has 0 aliphatic carbocycles. The first-order chi connectivity index (χ1) is 38.7. The standard InChI is InChI=1S/C76H55NSi/c1-9-26-59(27-10-1)72-71-43-25-42-70(76(71)75(62-32-15-4-16-33-62)74(61-30-13-3-14-31-61)73(72)60-28-11-2-12-29-60)58-46-44-56(45-47-58)57-48-50-64(51-49-57)77(63-34-17-5-18-35-63)65-52-54-69(55-53-65)78(66-36-19-6-20-37-66,67-38-21-7-22-39-67)68-40-23-8-24-41-68/h1-55H. The zero-order valence-corrected chi connectivity index (χ0v) is 44.2. The first kappa shape index (κ1) is 47.8. The quantitative estimate of drug-likeness (QED) is 0.0822. The Kier molecular flexibility index (Phi) is 13.1. The molecule has 0 fully saturated rings. The lowest BCUT2D eigenvalue weighted by Crippen LogP contribution is -2.74. The summed E-state index contributed by atoms with van der Waals surface area (Å²) in [7, 11) is -2.69. The fourth-order valence-corrected chi connectivity index (χ4v) is 16.7. The van der Waals surface area contributed by atoms with Crippen molar-refractivity contribution in [1.29, 1.82) is 0 Å². The highest BCUT2D eigenvalue weighted by Crippen LogP contribution is 2.53. The highest BCUT2D eigenvalue weighted by molar-refractivity contribution is 7.19. The summed E-state index contributed by atoms with van der Waals surface area (Å²) < 4.78 is 0. The second-order valence-corrected chi connectivity index (χ2v) is 23.7. The predicted octanol–water partition coefficient (Wildman–Crippen LogP) is 17.7. The van der Waals surface area contributed by atoms with E-state index in [1.807, 2.05) is 0 Å². The summed E-state index contributed by atoms with van der Waals surface area (Å²) in [5.41, 5.74) is 17.7. The summed E-state index contributed by atoms with van der Waals surface area (Å²) >= 11 is 0. The average molecular weight is 1010 g/mol. The minimum absolute atomic E-state index is 1.09. The Labute approximate surface area is 459 Å². The van der Waals surface area contributed by atoms with Crippen molar-refractivity contribution in [2.45, 2.75) is 0 Å². The number of para-hydroxylation sites is 1. The molecule has 0 amide bonds. The topological polar surface area (TPSA) is 3.24 Å². The van der Waals surface area contributed by atoms with E-state index >= 15 is 0 Å². The Morgan fingerprint density at radius 3 is 0.936 bits per heavy atom. The van der Waals surface area contributed by atoms with Crippen molar-refractivity contribution in [3.63, 3.8) is 0 Å². The minimum atomic E-state index is -2.69. The number of benzene rings is 13. The largest absolute Gasteiger partial charge is 0.311 e. The van der Waals surface area contributed by atoms with Crippen LogP contribution in [0.25, 0.3) is 77.5 Å². The van der Waals surface area contributed by atoms with Crippen molar-refractivity contribution in [3.8, 4) is 66.8 Å². The van der Waals surface area contributed by atoms with Gasteiger partial charge in [-0.2, -0.15) is 0 Å². The Bertz CT molecular complexity index is 4000. The molecule has 0 unspecified atom stereocenters. The van der Waals surface area contributed by atoms with Crippen LogP contribution in [0, 0.1) is 0 Å². The van der Waals surface area contributed by atoms with Crippen LogP contribution in [-0.2, 0) is 0 Å². The van der Waals surface area contributed by atoms with E-state index in [0.29, 0.717) is 0 Å². The van der Waals surface area contributed by atoms with Gasteiger partial charge >= 0.3 is 0 Å². The monoisotopic (exact) mass is 1010 g/mol. The molecule has 0 saturated carbocycles. The lowest BCUT2D eigenvalue weighted by Gasteiger charge is -2.35. The van der Waals surface area contributed by atoms with E-state index in [2.05, 4.69) is 339 Å². The third-order valence-electron chi connectivity index (χ3n) is 15.4. The van der Waals surface area contributed by atoms with E-state index in [1.54, 1.807) is 0 Å². The molecule has 0 aromatic heterocycles. The van der Waals surface area contributed by atoms with Gasteiger partial charge in [-0.15, -0.1) is 0 Å². The Hall–Kier alpha value is -9.86. The number of fused-ring (bicyclic) bond motifs is 1. The fraction of sp³-hybridized carbons (Fsp3) is 0. The molecule has 13 aromatic rings. The van der Waals surface area contributed by atoms with Gasteiger partial charge in [-0.3, -0.25) is 0 Å². The molecular formula is C76H55NSi. The maximum atomic E-state index is 2.38. The maximum absolute atomic E-state index is 2.69. The van der Waals surface area contributed by atoms with E-state index < -0.39 is 8.07 Å². The van der Waals surface area contributed by atoms with E-state index in [-0.39, 0.29) is 0 Å². The molecule has 78 heavy (non-hydrogen) atoms. The molecule has 0 aliphatic rings. The lowest BCUT2D eigenvalue weighted by atomic mass is 9.77. The van der Waals surface area contributed by atoms with Crippen molar-refractivity contribution >= 4 is 56.7 Å². The van der Waals surface area contributed by atoms with Crippen LogP contribution in [0.5, 0.6) is 0 Å². The number of anilines is 3. The maximum Gasteiger partial charge on any atom is 0.179 e. The van der Waals surface area contributed by atoms with Gasteiger partial charge in [0.15, 0.2) is 8.07 Å². The Morgan fingerprint density at radius 1 is 0.192 bits per heavy atom. The van der Waals surface area contributed by atoms with Crippen LogP contribution >= 0.6 is 0 Å². The molecule has 0 saturated heterocycles. The number of hydrogen-bond donors (Lipinski definition) is 0. The molecule has 0 N–H and O–H groups in total. The fourth-order valence-electron chi connectivity index (χ4n) is 12.0. The molecule has 368 valence electrons. The van der Waals surface area contributed by atoms with Crippen molar-refractivity contribution in [2.24, 2.45) is 0 Å². The molecular weight excluding hydrogens is 955 g/mol. The molecule has 0 spiro atoms. The van der Waals surface area contributed by atoms with E-state index in [0.717, 1.165) is 28.2 Å². The Balaban J connectivity index is 0.909. The highest BCUT2D eigenvalue weighted by atomic mass is 28.3. The molecule has 0 aliphatic heterocycles. The van der Waals surface area contributed by atoms with Crippen LogP contribution in [-0.4, -0.2) is 8.07 Å². The zero-order chi connectivity index (χ0) is 52.1. The van der Waals surface area contributed by atoms with Gasteiger partial charge in [0.05, 0.1) is 0 Å².